The molecule has 2 amide bonds. The van der Waals surface area contributed by atoms with Gasteiger partial charge in [0.05, 0.1) is 23.8 Å². The minimum atomic E-state index is -4.97. The molecule has 33 heavy (non-hydrogen) atoms. The number of carbonyl (C=O) groups excluding carboxylic acids is 2. The van der Waals surface area contributed by atoms with E-state index in [1.54, 1.807) is 6.07 Å². The number of ether oxygens (including phenoxy) is 1. The first-order valence-corrected chi connectivity index (χ1v) is 11.9. The van der Waals surface area contributed by atoms with Crippen LogP contribution in [0.5, 0.6) is 5.75 Å². The zero-order valence-electron chi connectivity index (χ0n) is 18.3. The molecule has 2 N–H and O–H groups in total. The largest absolute Gasteiger partial charge is 0.573 e. The lowest BCUT2D eigenvalue weighted by Crippen LogP contribution is -2.58. The monoisotopic (exact) mass is 490 g/mol. The molecule has 1 fully saturated rings. The lowest BCUT2D eigenvalue weighted by Gasteiger charge is -2.37. The smallest absolute Gasteiger partial charge is 0.405 e. The molecule has 2 rings (SSSR count). The molecular formula is C20H25F3N4O5S. The van der Waals surface area contributed by atoms with Crippen LogP contribution in [0, 0.1) is 17.2 Å². The third-order valence-corrected chi connectivity index (χ3v) is 5.81. The summed E-state index contributed by atoms with van der Waals surface area (Å²) in [5.74, 6) is -2.17. The van der Waals surface area contributed by atoms with Crippen molar-refractivity contribution >= 4 is 21.8 Å². The molecule has 182 valence electrons. The molecule has 13 heteroatoms. The number of benzene rings is 1. The van der Waals surface area contributed by atoms with Crippen LogP contribution in [0.2, 0.25) is 0 Å². The quantitative estimate of drug-likeness (QED) is 0.598. The number of nitrogens with one attached hydrogen (secondary N) is 2. The average Bonchev–Trinajstić information content (AvgIpc) is 2.69. The van der Waals surface area contributed by atoms with Crippen molar-refractivity contribution in [2.45, 2.75) is 45.1 Å². The zero-order chi connectivity index (χ0) is 25.0. The number of sulfonamides is 1. The first-order chi connectivity index (χ1) is 15.1. The summed E-state index contributed by atoms with van der Waals surface area (Å²) in [6.45, 7) is 2.96. The van der Waals surface area contributed by atoms with Gasteiger partial charge in [-0.15, -0.1) is 13.2 Å². The Morgan fingerprint density at radius 1 is 1.30 bits per heavy atom. The lowest BCUT2D eigenvalue weighted by atomic mass is 9.94. The summed E-state index contributed by atoms with van der Waals surface area (Å²) >= 11 is 0. The Labute approximate surface area is 189 Å². The van der Waals surface area contributed by atoms with Crippen LogP contribution in [0.1, 0.15) is 37.8 Å². The van der Waals surface area contributed by atoms with Gasteiger partial charge >= 0.3 is 6.36 Å². The Kier molecular flexibility index (Phi) is 7.97. The molecule has 0 spiro atoms. The minimum Gasteiger partial charge on any atom is -0.405 e. The molecule has 0 unspecified atom stereocenters. The van der Waals surface area contributed by atoms with Gasteiger partial charge in [-0.2, -0.15) is 5.26 Å². The van der Waals surface area contributed by atoms with E-state index in [2.05, 4.69) is 14.8 Å². The van der Waals surface area contributed by atoms with Gasteiger partial charge in [-0.25, -0.2) is 13.1 Å². The van der Waals surface area contributed by atoms with Crippen molar-refractivity contribution in [2.24, 2.45) is 5.92 Å². The summed E-state index contributed by atoms with van der Waals surface area (Å²) in [4.78, 5) is 26.9. The summed E-state index contributed by atoms with van der Waals surface area (Å²) in [6, 6.07) is 5.23. The Morgan fingerprint density at radius 2 is 1.97 bits per heavy atom. The fourth-order valence-electron chi connectivity index (χ4n) is 3.59. The van der Waals surface area contributed by atoms with E-state index in [1.807, 2.05) is 0 Å². The van der Waals surface area contributed by atoms with Crippen LogP contribution in [-0.4, -0.2) is 56.4 Å². The first-order valence-electron chi connectivity index (χ1n) is 9.96. The number of halogens is 3. The highest BCUT2D eigenvalue weighted by Gasteiger charge is 2.38. The number of nitrogens with zero attached hydrogens (tertiary/aromatic N) is 2. The maximum Gasteiger partial charge on any atom is 0.573 e. The van der Waals surface area contributed by atoms with E-state index < -0.39 is 45.4 Å². The van der Waals surface area contributed by atoms with Gasteiger partial charge in [-0.05, 0) is 38.8 Å². The summed E-state index contributed by atoms with van der Waals surface area (Å²) in [7, 11) is -3.65. The molecule has 0 radical (unpaired) electrons. The van der Waals surface area contributed by atoms with E-state index in [0.29, 0.717) is 19.4 Å². The van der Waals surface area contributed by atoms with Crippen molar-refractivity contribution in [3.63, 3.8) is 0 Å². The van der Waals surface area contributed by atoms with Gasteiger partial charge in [0.1, 0.15) is 11.3 Å². The van der Waals surface area contributed by atoms with Crippen molar-refractivity contribution in [3.05, 3.63) is 29.3 Å². The highest BCUT2D eigenvalue weighted by molar-refractivity contribution is 7.88. The molecule has 0 saturated carbocycles. The number of hydrogen-bond donors (Lipinski definition) is 2. The fraction of sp³-hybridized carbons (Fsp3) is 0.550. The standard InChI is InChI=1S/C20H25F3N4O5S/c1-19(2,26-33(3,30)31)18(29)27-8-4-5-15(12-27)17(28)25-11-14-7-6-13(10-24)9-16(14)32-20(21,22)23/h6-7,9,15,26H,4-5,8,11-12H2,1-3H3,(H,25,28)/t15-/m1/s1. The number of amides is 2. The van der Waals surface area contributed by atoms with Gasteiger partial charge in [-0.1, -0.05) is 6.07 Å². The number of carbonyl (C=O) groups is 2. The maximum atomic E-state index is 12.8. The third-order valence-electron chi connectivity index (χ3n) is 4.93. The maximum absolute atomic E-state index is 12.8. The van der Waals surface area contributed by atoms with E-state index in [4.69, 9.17) is 5.26 Å². The predicted octanol–water partition coefficient (Wildman–Crippen LogP) is 1.64. The highest BCUT2D eigenvalue weighted by Crippen LogP contribution is 2.28. The van der Waals surface area contributed by atoms with Gasteiger partial charge in [-0.3, -0.25) is 9.59 Å². The lowest BCUT2D eigenvalue weighted by molar-refractivity contribution is -0.274. The molecule has 1 atom stereocenters. The second kappa shape index (κ2) is 9.96. The predicted molar refractivity (Wildman–Crippen MR) is 111 cm³/mol. The van der Waals surface area contributed by atoms with Gasteiger partial charge in [0, 0.05) is 25.2 Å². The molecule has 1 aromatic carbocycles. The summed E-state index contributed by atoms with van der Waals surface area (Å²) < 4.78 is 67.4. The Balaban J connectivity index is 2.06. The van der Waals surface area contributed by atoms with Crippen molar-refractivity contribution < 1.29 is 35.9 Å². The number of nitriles is 1. The van der Waals surface area contributed by atoms with Crippen LogP contribution < -0.4 is 14.8 Å². The number of piperidine rings is 1. The van der Waals surface area contributed by atoms with E-state index in [9.17, 15) is 31.2 Å². The molecule has 1 aliphatic rings. The number of alkyl halides is 3. The molecule has 1 saturated heterocycles. The zero-order valence-corrected chi connectivity index (χ0v) is 19.1. The molecule has 1 heterocycles. The number of hydrogen-bond acceptors (Lipinski definition) is 6. The Morgan fingerprint density at radius 3 is 2.55 bits per heavy atom. The van der Waals surface area contributed by atoms with Crippen LogP contribution in [-0.2, 0) is 26.2 Å². The molecule has 1 aliphatic heterocycles. The van der Waals surface area contributed by atoms with Gasteiger partial charge in [0.15, 0.2) is 0 Å². The van der Waals surface area contributed by atoms with E-state index >= 15 is 0 Å². The molecule has 0 bridgehead atoms. The summed E-state index contributed by atoms with van der Waals surface area (Å²) in [6.07, 6.45) is -3.08. The fourth-order valence-corrected chi connectivity index (χ4v) is 4.61. The Hall–Kier alpha value is -2.85. The first kappa shape index (κ1) is 26.4. The molecular weight excluding hydrogens is 465 g/mol. The Bertz CT molecular complexity index is 1050. The second-order valence-electron chi connectivity index (χ2n) is 8.29. The van der Waals surface area contributed by atoms with Crippen LogP contribution in [0.25, 0.3) is 0 Å². The topological polar surface area (TPSA) is 129 Å². The number of likely N-dealkylation sites (tertiary alicyclic amines) is 1. The van der Waals surface area contributed by atoms with Gasteiger partial charge in [0.2, 0.25) is 21.8 Å². The molecule has 0 aromatic heterocycles. The summed E-state index contributed by atoms with van der Waals surface area (Å²) in [5, 5.41) is 11.5. The van der Waals surface area contributed by atoms with Crippen molar-refractivity contribution in [1.82, 2.24) is 14.9 Å². The number of rotatable bonds is 7. The van der Waals surface area contributed by atoms with E-state index in [-0.39, 0.29) is 24.2 Å². The SMILES string of the molecule is CC(C)(NS(C)(=O)=O)C(=O)N1CCC[C@@H](C(=O)NCc2ccc(C#N)cc2OC(F)(F)F)C1. The van der Waals surface area contributed by atoms with E-state index in [0.717, 1.165) is 12.3 Å². The van der Waals surface area contributed by atoms with Gasteiger partial charge in [0.25, 0.3) is 0 Å². The minimum absolute atomic E-state index is 0.0295. The van der Waals surface area contributed by atoms with Crippen LogP contribution in [0.4, 0.5) is 13.2 Å². The van der Waals surface area contributed by atoms with Crippen LogP contribution >= 0.6 is 0 Å². The molecule has 0 aliphatic carbocycles. The normalized spacial score (nSPS) is 17.2. The molecule has 1 aromatic rings. The highest BCUT2D eigenvalue weighted by atomic mass is 32.2. The summed E-state index contributed by atoms with van der Waals surface area (Å²) in [5.41, 5.74) is -1.41. The van der Waals surface area contributed by atoms with E-state index in [1.165, 1.54) is 30.9 Å². The second-order valence-corrected chi connectivity index (χ2v) is 10.0. The molecule has 9 nitrogen and oxygen atoms in total. The van der Waals surface area contributed by atoms with Crippen molar-refractivity contribution in [1.29, 1.82) is 5.26 Å². The van der Waals surface area contributed by atoms with Crippen molar-refractivity contribution in [2.75, 3.05) is 19.3 Å². The van der Waals surface area contributed by atoms with Crippen molar-refractivity contribution in [3.8, 4) is 11.8 Å². The van der Waals surface area contributed by atoms with Crippen LogP contribution in [0.3, 0.4) is 0 Å². The average molecular weight is 491 g/mol. The third kappa shape index (κ3) is 7.90. The van der Waals surface area contributed by atoms with Gasteiger partial charge < -0.3 is 15.0 Å². The van der Waals surface area contributed by atoms with Crippen LogP contribution in [0.15, 0.2) is 18.2 Å².